The van der Waals surface area contributed by atoms with Gasteiger partial charge in [0.2, 0.25) is 5.91 Å². The smallest absolute Gasteiger partial charge is 0.252 e. The zero-order valence-electron chi connectivity index (χ0n) is 11.7. The van der Waals surface area contributed by atoms with Gasteiger partial charge < -0.3 is 10.6 Å². The Morgan fingerprint density at radius 3 is 2.77 bits per heavy atom. The standard InChI is InChI=1S/C13H16BrN3O4S/c14-10-5-9(6-15-7-10)13(19)16-3-1-12(18)17-11-2-4-22(20,21)8-11/h5-7,11H,1-4,8H2,(H,16,19)(H,17,18). The molecule has 1 atom stereocenters. The summed E-state index contributed by atoms with van der Waals surface area (Å²) in [6, 6.07) is 1.31. The zero-order valence-corrected chi connectivity index (χ0v) is 14.1. The van der Waals surface area contributed by atoms with Gasteiger partial charge in [0.25, 0.3) is 5.91 Å². The lowest BCUT2D eigenvalue weighted by molar-refractivity contribution is -0.121. The zero-order chi connectivity index (χ0) is 16.2. The summed E-state index contributed by atoms with van der Waals surface area (Å²) in [5.41, 5.74) is 0.400. The molecule has 1 aliphatic heterocycles. The van der Waals surface area contributed by atoms with Crippen LogP contribution >= 0.6 is 15.9 Å². The Balaban J connectivity index is 1.72. The predicted octanol–water partition coefficient (Wildman–Crippen LogP) is 0.267. The molecule has 0 radical (unpaired) electrons. The number of aromatic nitrogens is 1. The summed E-state index contributed by atoms with van der Waals surface area (Å²) in [6.07, 6.45) is 3.55. The molecular weight excluding hydrogens is 374 g/mol. The van der Waals surface area contributed by atoms with Gasteiger partial charge in [-0.1, -0.05) is 0 Å². The summed E-state index contributed by atoms with van der Waals surface area (Å²) < 4.78 is 23.3. The van der Waals surface area contributed by atoms with Crippen LogP contribution in [0.5, 0.6) is 0 Å². The number of carbonyl (C=O) groups excluding carboxylic acids is 2. The van der Waals surface area contributed by atoms with Crippen molar-refractivity contribution in [2.45, 2.75) is 18.9 Å². The highest BCUT2D eigenvalue weighted by Crippen LogP contribution is 2.11. The summed E-state index contributed by atoms with van der Waals surface area (Å²) in [7, 11) is -3.01. The number of carbonyl (C=O) groups is 2. The minimum atomic E-state index is -3.01. The molecule has 9 heteroatoms. The topological polar surface area (TPSA) is 105 Å². The molecule has 2 rings (SSSR count). The van der Waals surface area contributed by atoms with Crippen LogP contribution in [-0.4, -0.2) is 49.3 Å². The van der Waals surface area contributed by atoms with Gasteiger partial charge in [-0.2, -0.15) is 0 Å². The SMILES string of the molecule is O=C(CCNC(=O)c1cncc(Br)c1)NC1CCS(=O)(=O)C1. The first-order valence-corrected chi connectivity index (χ1v) is 9.36. The van der Waals surface area contributed by atoms with Gasteiger partial charge in [0.15, 0.2) is 9.84 Å². The van der Waals surface area contributed by atoms with Crippen LogP contribution < -0.4 is 10.6 Å². The van der Waals surface area contributed by atoms with E-state index in [1.54, 1.807) is 12.3 Å². The first kappa shape index (κ1) is 16.9. The van der Waals surface area contributed by atoms with Crippen LogP contribution in [0.3, 0.4) is 0 Å². The van der Waals surface area contributed by atoms with Crippen LogP contribution in [0.4, 0.5) is 0 Å². The Bertz CT molecular complexity index is 678. The maximum absolute atomic E-state index is 11.8. The molecule has 1 saturated heterocycles. The Kier molecular flexibility index (Phi) is 5.52. The van der Waals surface area contributed by atoms with E-state index in [4.69, 9.17) is 0 Å². The third kappa shape index (κ3) is 5.06. The molecule has 1 aliphatic rings. The quantitative estimate of drug-likeness (QED) is 0.751. The lowest BCUT2D eigenvalue weighted by atomic mass is 10.2. The van der Waals surface area contributed by atoms with Gasteiger partial charge in [-0.3, -0.25) is 14.6 Å². The molecule has 2 amide bonds. The maximum Gasteiger partial charge on any atom is 0.252 e. The average Bonchev–Trinajstić information content (AvgIpc) is 2.77. The van der Waals surface area contributed by atoms with E-state index in [9.17, 15) is 18.0 Å². The molecule has 2 heterocycles. The number of nitrogens with zero attached hydrogens (tertiary/aromatic N) is 1. The highest BCUT2D eigenvalue weighted by Gasteiger charge is 2.28. The van der Waals surface area contributed by atoms with Crippen LogP contribution in [0.1, 0.15) is 23.2 Å². The van der Waals surface area contributed by atoms with E-state index in [2.05, 4.69) is 31.5 Å². The molecule has 1 aromatic rings. The fraction of sp³-hybridized carbons (Fsp3) is 0.462. The monoisotopic (exact) mass is 389 g/mol. The second kappa shape index (κ2) is 7.19. The second-order valence-corrected chi connectivity index (χ2v) is 8.21. The van der Waals surface area contributed by atoms with Gasteiger partial charge in [-0.05, 0) is 28.4 Å². The third-order valence-corrected chi connectivity index (χ3v) is 5.40. The highest BCUT2D eigenvalue weighted by molar-refractivity contribution is 9.10. The van der Waals surface area contributed by atoms with E-state index in [1.807, 2.05) is 0 Å². The maximum atomic E-state index is 11.8. The van der Waals surface area contributed by atoms with Crippen molar-refractivity contribution in [3.63, 3.8) is 0 Å². The molecule has 2 N–H and O–H groups in total. The Labute approximate surface area is 136 Å². The molecule has 7 nitrogen and oxygen atoms in total. The summed E-state index contributed by atoms with van der Waals surface area (Å²) in [6.45, 7) is 0.177. The molecule has 1 fully saturated rings. The van der Waals surface area contributed by atoms with E-state index < -0.39 is 9.84 Å². The molecule has 1 unspecified atom stereocenters. The lowest BCUT2D eigenvalue weighted by Crippen LogP contribution is -2.37. The van der Waals surface area contributed by atoms with E-state index in [1.165, 1.54) is 6.20 Å². The number of hydrogen-bond acceptors (Lipinski definition) is 5. The van der Waals surface area contributed by atoms with Crippen molar-refractivity contribution < 1.29 is 18.0 Å². The number of nitrogens with one attached hydrogen (secondary N) is 2. The summed E-state index contributed by atoms with van der Waals surface area (Å²) in [5, 5.41) is 5.29. The molecule has 22 heavy (non-hydrogen) atoms. The van der Waals surface area contributed by atoms with E-state index in [-0.39, 0.29) is 42.3 Å². The van der Waals surface area contributed by atoms with Gasteiger partial charge in [-0.25, -0.2) is 8.42 Å². The molecule has 120 valence electrons. The number of hydrogen-bond donors (Lipinski definition) is 2. The first-order valence-electron chi connectivity index (χ1n) is 6.74. The third-order valence-electron chi connectivity index (χ3n) is 3.20. The predicted molar refractivity (Wildman–Crippen MR) is 84.1 cm³/mol. The summed E-state index contributed by atoms with van der Waals surface area (Å²) >= 11 is 3.22. The van der Waals surface area contributed by atoms with Crippen molar-refractivity contribution in [1.82, 2.24) is 15.6 Å². The molecule has 0 spiro atoms. The van der Waals surface area contributed by atoms with Gasteiger partial charge in [-0.15, -0.1) is 0 Å². The summed E-state index contributed by atoms with van der Waals surface area (Å²) in [4.78, 5) is 27.4. The van der Waals surface area contributed by atoms with Gasteiger partial charge >= 0.3 is 0 Å². The minimum absolute atomic E-state index is 0.00515. The first-order chi connectivity index (χ1) is 10.4. The van der Waals surface area contributed by atoms with Crippen molar-refractivity contribution >= 4 is 37.6 Å². The Morgan fingerprint density at radius 1 is 1.36 bits per heavy atom. The molecule has 0 saturated carbocycles. The van der Waals surface area contributed by atoms with Crippen LogP contribution in [-0.2, 0) is 14.6 Å². The molecule has 1 aromatic heterocycles. The average molecular weight is 390 g/mol. The Morgan fingerprint density at radius 2 is 2.14 bits per heavy atom. The number of pyridine rings is 1. The van der Waals surface area contributed by atoms with Crippen molar-refractivity contribution in [3.8, 4) is 0 Å². The van der Waals surface area contributed by atoms with Crippen molar-refractivity contribution in [3.05, 3.63) is 28.5 Å². The van der Waals surface area contributed by atoms with Gasteiger partial charge in [0, 0.05) is 35.9 Å². The van der Waals surface area contributed by atoms with Gasteiger partial charge in [0.05, 0.1) is 17.1 Å². The van der Waals surface area contributed by atoms with Crippen molar-refractivity contribution in [2.75, 3.05) is 18.1 Å². The van der Waals surface area contributed by atoms with E-state index >= 15 is 0 Å². The van der Waals surface area contributed by atoms with Crippen molar-refractivity contribution in [1.29, 1.82) is 0 Å². The molecule has 0 aromatic carbocycles. The van der Waals surface area contributed by atoms with Gasteiger partial charge in [0.1, 0.15) is 0 Å². The van der Waals surface area contributed by atoms with Crippen LogP contribution in [0, 0.1) is 0 Å². The van der Waals surface area contributed by atoms with Crippen LogP contribution in [0.25, 0.3) is 0 Å². The largest absolute Gasteiger partial charge is 0.352 e. The number of sulfone groups is 1. The number of halogens is 1. The van der Waals surface area contributed by atoms with E-state index in [0.29, 0.717) is 16.5 Å². The minimum Gasteiger partial charge on any atom is -0.352 e. The molecule has 0 aliphatic carbocycles. The van der Waals surface area contributed by atoms with Crippen molar-refractivity contribution in [2.24, 2.45) is 0 Å². The Hall–Kier alpha value is -1.48. The molecular formula is C13H16BrN3O4S. The fourth-order valence-corrected chi connectivity index (χ4v) is 4.17. The van der Waals surface area contributed by atoms with Crippen LogP contribution in [0.2, 0.25) is 0 Å². The fourth-order valence-electron chi connectivity index (χ4n) is 2.14. The van der Waals surface area contributed by atoms with Crippen LogP contribution in [0.15, 0.2) is 22.9 Å². The second-order valence-electron chi connectivity index (χ2n) is 5.07. The lowest BCUT2D eigenvalue weighted by Gasteiger charge is -2.11. The van der Waals surface area contributed by atoms with E-state index in [0.717, 1.165) is 0 Å². The summed E-state index contributed by atoms with van der Waals surface area (Å²) in [5.74, 6) is -0.473. The normalized spacial score (nSPS) is 19.6. The number of rotatable bonds is 5. The number of amides is 2. The molecule has 0 bridgehead atoms. The highest BCUT2D eigenvalue weighted by atomic mass is 79.9.